The summed E-state index contributed by atoms with van der Waals surface area (Å²) < 4.78 is 28.8. The molecule has 1 aromatic heterocycles. The van der Waals surface area contributed by atoms with Crippen LogP contribution in [-0.2, 0) is 0 Å². The maximum absolute atomic E-state index is 14.1. The third-order valence-corrected chi connectivity index (χ3v) is 5.17. The number of amides is 2. The molecule has 3 aromatic rings. The highest BCUT2D eigenvalue weighted by molar-refractivity contribution is 6.02. The van der Waals surface area contributed by atoms with Gasteiger partial charge in [-0.25, -0.2) is 18.4 Å². The van der Waals surface area contributed by atoms with E-state index >= 15 is 0 Å². The highest BCUT2D eigenvalue weighted by Gasteiger charge is 2.19. The Morgan fingerprint density at radius 1 is 0.943 bits per heavy atom. The molecule has 0 aliphatic carbocycles. The summed E-state index contributed by atoms with van der Waals surface area (Å²) in [5, 5.41) is 14.7. The van der Waals surface area contributed by atoms with Crippen LogP contribution >= 0.6 is 0 Å². The number of carbonyl (C=O) groups excluding carboxylic acids is 1. The van der Waals surface area contributed by atoms with E-state index in [-0.39, 0.29) is 11.4 Å². The van der Waals surface area contributed by atoms with E-state index in [1.807, 2.05) is 6.07 Å². The average molecular weight is 485 g/mol. The second-order valence-corrected chi connectivity index (χ2v) is 9.17. The van der Waals surface area contributed by atoms with Gasteiger partial charge in [0.25, 0.3) is 0 Å². The Morgan fingerprint density at radius 2 is 1.60 bits per heavy atom. The van der Waals surface area contributed by atoms with E-state index in [4.69, 9.17) is 0 Å². The van der Waals surface area contributed by atoms with Gasteiger partial charge < -0.3 is 25.2 Å². The molecule has 35 heavy (non-hydrogen) atoms. The van der Waals surface area contributed by atoms with Crippen molar-refractivity contribution in [1.82, 2.24) is 4.57 Å². The minimum Gasteiger partial charge on any atom is -0.477 e. The van der Waals surface area contributed by atoms with Crippen molar-refractivity contribution in [2.45, 2.75) is 27.7 Å². The molecule has 2 aromatic carbocycles. The number of carbonyl (C=O) groups is 2. The minimum absolute atomic E-state index is 0.0720. The molecule has 3 N–H and O–H groups in total. The van der Waals surface area contributed by atoms with E-state index in [0.717, 1.165) is 30.9 Å². The van der Waals surface area contributed by atoms with Gasteiger partial charge in [-0.2, -0.15) is 0 Å². The Balaban J connectivity index is 2.01. The lowest BCUT2D eigenvalue weighted by molar-refractivity contribution is 0.0688. The van der Waals surface area contributed by atoms with Crippen LogP contribution in [0.2, 0.25) is 0 Å². The number of rotatable bonds is 9. The molecule has 0 saturated carbocycles. The first-order valence-corrected chi connectivity index (χ1v) is 11.4. The molecule has 2 amide bonds. The van der Waals surface area contributed by atoms with E-state index < -0.39 is 23.6 Å². The third-order valence-electron chi connectivity index (χ3n) is 5.17. The maximum Gasteiger partial charge on any atom is 0.352 e. The summed E-state index contributed by atoms with van der Waals surface area (Å²) >= 11 is 0. The molecular weight excluding hydrogens is 454 g/mol. The molecule has 0 radical (unpaired) electrons. The molecular formula is C26H30F2N4O3. The number of nitrogens with zero attached hydrogens (tertiary/aromatic N) is 2. The number of urea groups is 1. The van der Waals surface area contributed by atoms with E-state index in [0.29, 0.717) is 29.3 Å². The number of carboxylic acids is 1. The lowest BCUT2D eigenvalue weighted by Gasteiger charge is -2.31. The summed E-state index contributed by atoms with van der Waals surface area (Å²) in [7, 11) is 0. The Bertz CT molecular complexity index is 1200. The van der Waals surface area contributed by atoms with Crippen LogP contribution in [0.25, 0.3) is 5.69 Å². The topological polar surface area (TPSA) is 86.6 Å². The number of aromatic nitrogens is 1. The molecule has 3 rings (SSSR count). The quantitative estimate of drug-likeness (QED) is 0.337. The van der Waals surface area contributed by atoms with E-state index in [9.17, 15) is 23.5 Å². The molecule has 7 nitrogen and oxygen atoms in total. The zero-order chi connectivity index (χ0) is 25.7. The summed E-state index contributed by atoms with van der Waals surface area (Å²) in [6, 6.07) is 10.6. The van der Waals surface area contributed by atoms with Gasteiger partial charge in [0.05, 0.1) is 17.1 Å². The van der Waals surface area contributed by atoms with Gasteiger partial charge in [-0.1, -0.05) is 27.7 Å². The van der Waals surface area contributed by atoms with Crippen molar-refractivity contribution >= 4 is 29.1 Å². The number of hydrogen-bond acceptors (Lipinski definition) is 3. The zero-order valence-corrected chi connectivity index (χ0v) is 20.2. The molecule has 0 aliphatic rings. The molecule has 0 bridgehead atoms. The molecule has 0 spiro atoms. The van der Waals surface area contributed by atoms with Gasteiger partial charge in [-0.3, -0.25) is 0 Å². The number of benzene rings is 2. The van der Waals surface area contributed by atoms with Crippen molar-refractivity contribution in [1.29, 1.82) is 0 Å². The first-order valence-electron chi connectivity index (χ1n) is 11.4. The Morgan fingerprint density at radius 3 is 2.20 bits per heavy atom. The van der Waals surface area contributed by atoms with E-state index in [2.05, 4.69) is 43.2 Å². The van der Waals surface area contributed by atoms with Crippen LogP contribution in [0.5, 0.6) is 0 Å². The van der Waals surface area contributed by atoms with E-state index in [1.54, 1.807) is 24.4 Å². The molecule has 0 fully saturated rings. The second kappa shape index (κ2) is 11.0. The first-order chi connectivity index (χ1) is 16.5. The monoisotopic (exact) mass is 484 g/mol. The Labute approximate surface area is 203 Å². The molecule has 186 valence electrons. The van der Waals surface area contributed by atoms with Crippen LogP contribution in [0, 0.1) is 23.5 Å². The fourth-order valence-electron chi connectivity index (χ4n) is 3.85. The van der Waals surface area contributed by atoms with Crippen molar-refractivity contribution in [3.8, 4) is 5.69 Å². The van der Waals surface area contributed by atoms with Crippen molar-refractivity contribution in [3.05, 3.63) is 72.1 Å². The van der Waals surface area contributed by atoms with Crippen LogP contribution in [0.4, 0.5) is 30.6 Å². The predicted molar refractivity (Wildman–Crippen MR) is 134 cm³/mol. The number of hydrogen-bond donors (Lipinski definition) is 3. The lowest BCUT2D eigenvalue weighted by Crippen LogP contribution is -2.32. The van der Waals surface area contributed by atoms with Gasteiger partial charge in [0.1, 0.15) is 17.3 Å². The number of carboxylic acid groups (broad SMARTS) is 1. The van der Waals surface area contributed by atoms with Gasteiger partial charge in [-0.05, 0) is 54.3 Å². The number of anilines is 3. The Hall–Kier alpha value is -3.88. The smallest absolute Gasteiger partial charge is 0.352 e. The number of aromatic carboxylic acids is 1. The van der Waals surface area contributed by atoms with Gasteiger partial charge in [-0.15, -0.1) is 0 Å². The summed E-state index contributed by atoms with van der Waals surface area (Å²) in [6.45, 7) is 9.83. The summed E-state index contributed by atoms with van der Waals surface area (Å²) in [6.07, 6.45) is 1.62. The highest BCUT2D eigenvalue weighted by atomic mass is 19.1. The van der Waals surface area contributed by atoms with Crippen LogP contribution in [0.15, 0.2) is 54.7 Å². The van der Waals surface area contributed by atoms with E-state index in [1.165, 1.54) is 10.6 Å². The predicted octanol–water partition coefficient (Wildman–Crippen LogP) is 6.22. The molecule has 0 atom stereocenters. The number of nitrogens with one attached hydrogen (secondary N) is 2. The van der Waals surface area contributed by atoms with Crippen molar-refractivity contribution in [2.75, 3.05) is 28.6 Å². The van der Waals surface area contributed by atoms with Gasteiger partial charge in [0.15, 0.2) is 0 Å². The molecule has 9 heteroatoms. The lowest BCUT2D eigenvalue weighted by atomic mass is 10.1. The highest BCUT2D eigenvalue weighted by Crippen LogP contribution is 2.31. The van der Waals surface area contributed by atoms with Crippen molar-refractivity contribution in [2.24, 2.45) is 11.8 Å². The van der Waals surface area contributed by atoms with Crippen LogP contribution in [0.3, 0.4) is 0 Å². The summed E-state index contributed by atoms with van der Waals surface area (Å²) in [5.41, 5.74) is 1.61. The third kappa shape index (κ3) is 6.59. The van der Waals surface area contributed by atoms with Crippen LogP contribution < -0.4 is 15.5 Å². The summed E-state index contributed by atoms with van der Waals surface area (Å²) in [5.74, 6) is -2.05. The molecule has 1 heterocycles. The second-order valence-electron chi connectivity index (χ2n) is 9.17. The minimum atomic E-state index is -1.08. The normalized spacial score (nSPS) is 11.1. The maximum atomic E-state index is 14.1. The van der Waals surface area contributed by atoms with Crippen molar-refractivity contribution in [3.63, 3.8) is 0 Å². The Kier molecular flexibility index (Phi) is 8.11. The number of halogens is 2. The largest absolute Gasteiger partial charge is 0.477 e. The SMILES string of the molecule is CC(C)CN(CC(C)C)c1ccc(-n2cccc2C(=O)O)cc1NC(=O)Nc1ccc(F)cc1F. The standard InChI is InChI=1S/C26H30F2N4O3/c1-16(2)14-31(15-17(3)4)23-10-8-19(32-11-5-6-24(32)25(33)34)13-22(23)30-26(35)29-21-9-7-18(27)12-20(21)28/h5-13,16-17H,14-15H2,1-4H3,(H,33,34)(H2,29,30,35). The van der Waals surface area contributed by atoms with Crippen LogP contribution in [0.1, 0.15) is 38.2 Å². The fraction of sp³-hybridized carbons (Fsp3) is 0.308. The summed E-state index contributed by atoms with van der Waals surface area (Å²) in [4.78, 5) is 26.6. The fourth-order valence-corrected chi connectivity index (χ4v) is 3.85. The van der Waals surface area contributed by atoms with Crippen molar-refractivity contribution < 1.29 is 23.5 Å². The average Bonchev–Trinajstić information content (AvgIpc) is 3.25. The van der Waals surface area contributed by atoms with Crippen LogP contribution in [-0.4, -0.2) is 34.8 Å². The van der Waals surface area contributed by atoms with Gasteiger partial charge >= 0.3 is 12.0 Å². The van der Waals surface area contributed by atoms with Gasteiger partial charge in [0.2, 0.25) is 0 Å². The zero-order valence-electron chi connectivity index (χ0n) is 20.2. The molecule has 0 aliphatic heterocycles. The van der Waals surface area contributed by atoms with Gasteiger partial charge in [0, 0.05) is 31.0 Å². The molecule has 0 saturated heterocycles. The molecule has 0 unspecified atom stereocenters. The first kappa shape index (κ1) is 25.7.